The van der Waals surface area contributed by atoms with Crippen molar-refractivity contribution in [1.82, 2.24) is 26.6 Å². The van der Waals surface area contributed by atoms with Gasteiger partial charge in [-0.1, -0.05) is 0 Å². The van der Waals surface area contributed by atoms with Crippen LogP contribution >= 0.6 is 0 Å². The second kappa shape index (κ2) is 33.9. The number of amides is 5. The molecule has 0 aliphatic carbocycles. The number of ether oxygens (including phenoxy) is 11. The molecule has 0 unspecified atom stereocenters. The van der Waals surface area contributed by atoms with Crippen LogP contribution in [0.4, 0.5) is 0 Å². The van der Waals surface area contributed by atoms with Crippen molar-refractivity contribution in [1.29, 1.82) is 0 Å². The zero-order chi connectivity index (χ0) is 61.3. The maximum absolute atomic E-state index is 13.8. The summed E-state index contributed by atoms with van der Waals surface area (Å²) in [5.74, 6) is -16.4. The van der Waals surface area contributed by atoms with Gasteiger partial charge in [-0.15, -0.1) is 0 Å². The van der Waals surface area contributed by atoms with Crippen molar-refractivity contribution in [3.8, 4) is 0 Å². The quantitative estimate of drug-likeness (QED) is 0.0101. The molecule has 2 rings (SSSR count). The lowest BCUT2D eigenvalue weighted by atomic mass is 9.96. The van der Waals surface area contributed by atoms with Crippen molar-refractivity contribution < 1.29 is 129 Å². The SMILES string of the molecule is CC(=O)OC[C@H]1O[C@@H](O[C@H]2[C@H](OC(C)=O)[C@@H](OC(C)=O)[C@H](OC[C@H](NC(=O)[C@H](CC(=O)O)NC(=O)CNC(=O)[C@H](CCCN=C(N)N)NC(=O)CN)C(=O)NCC(=O)O)O[C@@H]2COC(C)=O)[C@H](OC(C)=O)[C@@H](OC(C)=O)[C@H]1OC(C)=O. The summed E-state index contributed by atoms with van der Waals surface area (Å²) in [5, 5.41) is 29.7. The normalized spacial score (nSPS) is 23.1. The Kier molecular flexibility index (Phi) is 28.8. The number of nitrogens with zero attached hydrogens (tertiary/aromatic N) is 1. The Morgan fingerprint density at radius 1 is 0.519 bits per heavy atom. The summed E-state index contributed by atoms with van der Waals surface area (Å²) in [4.78, 5) is 180. The lowest BCUT2D eigenvalue weighted by Gasteiger charge is -2.48. The number of nitrogens with one attached hydrogen (secondary N) is 5. The Bertz CT molecular complexity index is 2330. The first kappa shape index (κ1) is 68.8. The van der Waals surface area contributed by atoms with Crippen LogP contribution in [0.2, 0.25) is 0 Å². The summed E-state index contributed by atoms with van der Waals surface area (Å²) in [5.41, 5.74) is 16.0. The van der Waals surface area contributed by atoms with Gasteiger partial charge in [-0.3, -0.25) is 72.1 Å². The molecule has 2 saturated heterocycles. The molecular weight excluding hydrogens is 1100 g/mol. The number of hydrogen-bond donors (Lipinski definition) is 10. The van der Waals surface area contributed by atoms with E-state index in [0.717, 1.165) is 48.5 Å². The molecule has 13 atom stereocenters. The molecule has 0 aromatic heterocycles. The van der Waals surface area contributed by atoms with Crippen molar-refractivity contribution in [3.63, 3.8) is 0 Å². The molecule has 5 amide bonds. The maximum Gasteiger partial charge on any atom is 0.322 e. The largest absolute Gasteiger partial charge is 0.481 e. The predicted molar refractivity (Wildman–Crippen MR) is 260 cm³/mol. The highest BCUT2D eigenvalue weighted by Gasteiger charge is 2.58. The van der Waals surface area contributed by atoms with Gasteiger partial charge in [0.15, 0.2) is 49.1 Å². The standard InChI is InChI=1S/C45H67N9O27/c1-18(55)71-16-28-34(74-20(3)57)36(75-21(4)58)39(78-24(7)61)44(80-28)81-35-29(17-72-19(2)56)79-43(38(77-23(6)60)37(35)76-22(5)59)73-15-27(41(69)51-14-33(66)67)54-42(70)26(11-32(64)65)53-31(63)13-50-40(68)25(52-30(62)12-46)9-8-10-49-45(47)48/h25-29,34-39,43-44H,8-17,46H2,1-7H3,(H,50,68)(H,51,69)(H,52,62)(H,53,63)(H,54,70)(H,64,65)(H,66,67)(H4,47,48,49)/t25-,26-,27-,28+,29+,34-,35+,36-,37-,38+,39+,43+,44-/m0/s1. The van der Waals surface area contributed by atoms with Gasteiger partial charge in [-0.05, 0) is 12.8 Å². The topological polar surface area (TPSA) is 532 Å². The molecule has 81 heavy (non-hydrogen) atoms. The van der Waals surface area contributed by atoms with Crippen LogP contribution in [0, 0.1) is 0 Å². The van der Waals surface area contributed by atoms with Gasteiger partial charge < -0.3 is 106 Å². The van der Waals surface area contributed by atoms with Crippen LogP contribution in [0.15, 0.2) is 4.99 Å². The summed E-state index contributed by atoms with van der Waals surface area (Å²) < 4.78 is 62.0. The highest BCUT2D eigenvalue weighted by molar-refractivity contribution is 5.96. The number of hydrogen-bond acceptors (Lipinski definition) is 27. The first-order chi connectivity index (χ1) is 37.9. The second-order valence-electron chi connectivity index (χ2n) is 17.4. The minimum atomic E-state index is -2.11. The molecule has 13 N–H and O–H groups in total. The average Bonchev–Trinajstić information content (AvgIpc) is 3.46. The van der Waals surface area contributed by atoms with Gasteiger partial charge in [0, 0.05) is 55.0 Å². The monoisotopic (exact) mass is 1170 g/mol. The summed E-state index contributed by atoms with van der Waals surface area (Å²) in [6.45, 7) is 1.25. The number of guanidine groups is 1. The molecule has 2 aliphatic heterocycles. The van der Waals surface area contributed by atoms with E-state index >= 15 is 0 Å². The molecule has 36 heteroatoms. The average molecular weight is 1170 g/mol. The van der Waals surface area contributed by atoms with E-state index in [1.807, 2.05) is 5.32 Å². The van der Waals surface area contributed by atoms with Gasteiger partial charge in [0.2, 0.25) is 29.5 Å². The van der Waals surface area contributed by atoms with Crippen LogP contribution in [-0.2, 0) is 119 Å². The Morgan fingerprint density at radius 3 is 1.47 bits per heavy atom. The van der Waals surface area contributed by atoms with Crippen LogP contribution in [0.5, 0.6) is 0 Å². The number of nitrogens with two attached hydrogens (primary N) is 3. The van der Waals surface area contributed by atoms with Gasteiger partial charge in [0.1, 0.15) is 56.2 Å². The van der Waals surface area contributed by atoms with E-state index in [9.17, 15) is 77.3 Å². The van der Waals surface area contributed by atoms with Crippen LogP contribution in [0.25, 0.3) is 0 Å². The molecule has 0 radical (unpaired) electrons. The molecule has 36 nitrogen and oxygen atoms in total. The van der Waals surface area contributed by atoms with E-state index in [4.69, 9.17) is 69.3 Å². The molecule has 2 aliphatic rings. The number of carbonyl (C=O) groups excluding carboxylic acids is 12. The van der Waals surface area contributed by atoms with Crippen LogP contribution in [0.1, 0.15) is 67.7 Å². The smallest absolute Gasteiger partial charge is 0.322 e. The van der Waals surface area contributed by atoms with Crippen LogP contribution < -0.4 is 43.8 Å². The zero-order valence-electron chi connectivity index (χ0n) is 44.9. The van der Waals surface area contributed by atoms with Crippen molar-refractivity contribution in [2.24, 2.45) is 22.2 Å². The number of aliphatic carboxylic acids is 2. The van der Waals surface area contributed by atoms with E-state index in [1.54, 1.807) is 0 Å². The fourth-order valence-electron chi connectivity index (χ4n) is 7.48. The van der Waals surface area contributed by atoms with Crippen molar-refractivity contribution in [2.75, 3.05) is 46.0 Å². The van der Waals surface area contributed by atoms with Gasteiger partial charge in [0.05, 0.1) is 26.1 Å². The number of rotatable bonds is 31. The molecule has 0 saturated carbocycles. The molecule has 0 bridgehead atoms. The highest BCUT2D eigenvalue weighted by Crippen LogP contribution is 2.35. The molecular formula is C45H67N9O27. The maximum atomic E-state index is 13.8. The van der Waals surface area contributed by atoms with Crippen molar-refractivity contribution >= 4 is 89.2 Å². The third-order valence-corrected chi connectivity index (χ3v) is 10.6. The number of carboxylic acids is 2. The Morgan fingerprint density at radius 2 is 0.975 bits per heavy atom. The zero-order valence-corrected chi connectivity index (χ0v) is 44.9. The van der Waals surface area contributed by atoms with Crippen LogP contribution in [-0.4, -0.2) is 225 Å². The molecule has 0 aromatic rings. The van der Waals surface area contributed by atoms with E-state index in [2.05, 4.69) is 26.3 Å². The third kappa shape index (κ3) is 25.1. The number of aliphatic imine (C=N–C) groups is 1. The van der Waals surface area contributed by atoms with Gasteiger partial charge in [0.25, 0.3) is 0 Å². The van der Waals surface area contributed by atoms with Gasteiger partial charge >= 0.3 is 53.7 Å². The summed E-state index contributed by atoms with van der Waals surface area (Å²) in [6, 6.07) is -5.44. The number of carbonyl (C=O) groups is 14. The van der Waals surface area contributed by atoms with Crippen molar-refractivity contribution in [2.45, 2.75) is 147 Å². The summed E-state index contributed by atoms with van der Waals surface area (Å²) in [7, 11) is 0. The number of carboxylic acid groups (broad SMARTS) is 2. The number of esters is 7. The Balaban J connectivity index is 2.66. The van der Waals surface area contributed by atoms with E-state index in [1.165, 1.54) is 0 Å². The van der Waals surface area contributed by atoms with E-state index in [-0.39, 0.29) is 25.3 Å². The lowest BCUT2D eigenvalue weighted by molar-refractivity contribution is -0.361. The fourth-order valence-corrected chi connectivity index (χ4v) is 7.48. The minimum Gasteiger partial charge on any atom is -0.481 e. The predicted octanol–water partition coefficient (Wildman–Crippen LogP) is -7.12. The fraction of sp³-hybridized carbons (Fsp3) is 0.667. The van der Waals surface area contributed by atoms with E-state index < -0.39 is 209 Å². The third-order valence-electron chi connectivity index (χ3n) is 10.6. The summed E-state index contributed by atoms with van der Waals surface area (Å²) >= 11 is 0. The highest BCUT2D eigenvalue weighted by atomic mass is 16.8. The first-order valence-corrected chi connectivity index (χ1v) is 24.3. The molecule has 2 heterocycles. The Hall–Kier alpha value is -8.35. The second-order valence-corrected chi connectivity index (χ2v) is 17.4. The van der Waals surface area contributed by atoms with Crippen molar-refractivity contribution in [3.05, 3.63) is 0 Å². The first-order valence-electron chi connectivity index (χ1n) is 24.3. The molecule has 0 spiro atoms. The molecule has 454 valence electrons. The van der Waals surface area contributed by atoms with Gasteiger partial charge in [-0.2, -0.15) is 0 Å². The Labute approximate surface area is 460 Å². The van der Waals surface area contributed by atoms with Crippen LogP contribution in [0.3, 0.4) is 0 Å². The van der Waals surface area contributed by atoms with Gasteiger partial charge in [-0.25, -0.2) is 0 Å². The van der Waals surface area contributed by atoms with E-state index in [0.29, 0.717) is 0 Å². The lowest BCUT2D eigenvalue weighted by Crippen LogP contribution is -2.67. The molecule has 2 fully saturated rings. The molecule has 0 aromatic carbocycles. The minimum absolute atomic E-state index is 0.0438. The summed E-state index contributed by atoms with van der Waals surface area (Å²) in [6.07, 6.45) is -20.1.